The Hall–Kier alpha value is -3.24. The van der Waals surface area contributed by atoms with Gasteiger partial charge in [-0.3, -0.25) is 10.1 Å². The zero-order chi connectivity index (χ0) is 18.0. The molecule has 0 spiro atoms. The fraction of sp³-hybridized carbons (Fsp3) is 0.111. The molecule has 0 aliphatic heterocycles. The Labute approximate surface area is 147 Å². The number of nitrogens with zero attached hydrogens (tertiary/aromatic N) is 3. The molecule has 25 heavy (non-hydrogen) atoms. The van der Waals surface area contributed by atoms with E-state index in [2.05, 4.69) is 11.1 Å². The highest BCUT2D eigenvalue weighted by molar-refractivity contribution is 7.11. The van der Waals surface area contributed by atoms with Crippen molar-refractivity contribution in [2.24, 2.45) is 0 Å². The Morgan fingerprint density at radius 3 is 2.80 bits per heavy atom. The number of thiazole rings is 1. The minimum absolute atomic E-state index is 0.0130. The lowest BCUT2D eigenvalue weighted by molar-refractivity contribution is -0.384. The first-order valence-corrected chi connectivity index (χ1v) is 8.25. The molecule has 124 valence electrons. The number of benzene rings is 1. The molecule has 7 heteroatoms. The van der Waals surface area contributed by atoms with Crippen molar-refractivity contribution in [1.82, 2.24) is 4.98 Å². The van der Waals surface area contributed by atoms with E-state index in [1.54, 1.807) is 37.3 Å². The number of hydrogen-bond acceptors (Lipinski definition) is 6. The van der Waals surface area contributed by atoms with Crippen LogP contribution >= 0.6 is 11.3 Å². The van der Waals surface area contributed by atoms with Crippen LogP contribution in [0.25, 0.3) is 23.0 Å². The van der Waals surface area contributed by atoms with Crippen LogP contribution in [0.5, 0.6) is 0 Å². The van der Waals surface area contributed by atoms with Crippen molar-refractivity contribution in [3.05, 3.63) is 67.9 Å². The first-order valence-electron chi connectivity index (χ1n) is 7.37. The summed E-state index contributed by atoms with van der Waals surface area (Å²) in [7, 11) is 0. The van der Waals surface area contributed by atoms with Crippen LogP contribution in [0.1, 0.15) is 22.0 Å². The highest BCUT2D eigenvalue weighted by atomic mass is 32.1. The lowest BCUT2D eigenvalue weighted by Crippen LogP contribution is -1.92. The van der Waals surface area contributed by atoms with Crippen molar-refractivity contribution in [1.29, 1.82) is 5.26 Å². The van der Waals surface area contributed by atoms with Gasteiger partial charge in [-0.1, -0.05) is 6.07 Å². The molecule has 0 fully saturated rings. The number of furan rings is 1. The number of hydrogen-bond donors (Lipinski definition) is 0. The van der Waals surface area contributed by atoms with Gasteiger partial charge in [-0.15, -0.1) is 11.3 Å². The quantitative estimate of drug-likeness (QED) is 0.375. The first-order chi connectivity index (χ1) is 12.0. The summed E-state index contributed by atoms with van der Waals surface area (Å²) in [5.74, 6) is 0.819. The van der Waals surface area contributed by atoms with Gasteiger partial charge in [-0.05, 0) is 37.6 Å². The van der Waals surface area contributed by atoms with Crippen LogP contribution in [0.3, 0.4) is 0 Å². The molecule has 6 nitrogen and oxygen atoms in total. The summed E-state index contributed by atoms with van der Waals surface area (Å²) in [6, 6.07) is 10.4. The summed E-state index contributed by atoms with van der Waals surface area (Å²) in [5.41, 5.74) is 2.42. The third-order valence-electron chi connectivity index (χ3n) is 3.50. The van der Waals surface area contributed by atoms with Crippen LogP contribution in [0, 0.1) is 35.3 Å². The number of nitriles is 1. The lowest BCUT2D eigenvalue weighted by Gasteiger charge is -2.01. The van der Waals surface area contributed by atoms with Crippen LogP contribution in [-0.4, -0.2) is 9.91 Å². The molecular formula is C18H13N3O3S. The number of allylic oxidation sites excluding steroid dienone is 1. The summed E-state index contributed by atoms with van der Waals surface area (Å²) in [4.78, 5) is 15.1. The molecule has 0 aliphatic rings. The Morgan fingerprint density at radius 1 is 1.36 bits per heavy atom. The van der Waals surface area contributed by atoms with E-state index in [0.717, 1.165) is 11.3 Å². The molecule has 0 N–H and O–H groups in total. The van der Waals surface area contributed by atoms with Gasteiger partial charge < -0.3 is 4.42 Å². The molecule has 0 saturated heterocycles. The Balaban J connectivity index is 2.00. The minimum atomic E-state index is -0.431. The zero-order valence-electron chi connectivity index (χ0n) is 13.5. The molecule has 2 aromatic heterocycles. The molecule has 0 amide bonds. The van der Waals surface area contributed by atoms with E-state index >= 15 is 0 Å². The van der Waals surface area contributed by atoms with Gasteiger partial charge in [0.15, 0.2) is 0 Å². The number of nitro groups is 1. The van der Waals surface area contributed by atoms with Gasteiger partial charge in [0, 0.05) is 23.2 Å². The van der Waals surface area contributed by atoms with E-state index in [-0.39, 0.29) is 5.69 Å². The van der Waals surface area contributed by atoms with Crippen LogP contribution in [0.2, 0.25) is 0 Å². The van der Waals surface area contributed by atoms with E-state index in [4.69, 9.17) is 4.42 Å². The van der Waals surface area contributed by atoms with Crippen LogP contribution < -0.4 is 0 Å². The lowest BCUT2D eigenvalue weighted by atomic mass is 10.1. The largest absolute Gasteiger partial charge is 0.456 e. The molecule has 3 aromatic rings. The van der Waals surface area contributed by atoms with E-state index in [0.29, 0.717) is 27.7 Å². The molecule has 2 heterocycles. The van der Waals surface area contributed by atoms with Gasteiger partial charge in [0.2, 0.25) is 0 Å². The molecule has 3 rings (SSSR count). The second-order valence-corrected chi connectivity index (χ2v) is 6.30. The van der Waals surface area contributed by atoms with Gasteiger partial charge in [0.05, 0.1) is 16.1 Å². The molecule has 1 aromatic carbocycles. The molecule has 0 aliphatic carbocycles. The van der Waals surface area contributed by atoms with Gasteiger partial charge in [0.25, 0.3) is 5.69 Å². The Bertz CT molecular complexity index is 1020. The van der Waals surface area contributed by atoms with E-state index in [1.807, 2.05) is 12.3 Å². The molecule has 0 saturated carbocycles. The van der Waals surface area contributed by atoms with Crippen molar-refractivity contribution in [3.8, 4) is 17.4 Å². The Kier molecular flexibility index (Phi) is 4.46. The fourth-order valence-electron chi connectivity index (χ4n) is 2.34. The standard InChI is InChI=1S/C18H13N3O3S/c1-11-3-5-15(16(7-11)21(22)23)17-6-4-14(24-17)8-13(9-19)18-20-12(2)10-25-18/h3-8,10H,1-2H3/b13-8+. The second kappa shape index (κ2) is 6.71. The van der Waals surface area contributed by atoms with Crippen molar-refractivity contribution in [2.75, 3.05) is 0 Å². The van der Waals surface area contributed by atoms with E-state index < -0.39 is 4.92 Å². The summed E-state index contributed by atoms with van der Waals surface area (Å²) in [5, 5.41) is 23.1. The van der Waals surface area contributed by atoms with Crippen molar-refractivity contribution < 1.29 is 9.34 Å². The highest BCUT2D eigenvalue weighted by Gasteiger charge is 2.18. The molecule has 0 bridgehead atoms. The monoisotopic (exact) mass is 351 g/mol. The van der Waals surface area contributed by atoms with Crippen molar-refractivity contribution in [3.63, 3.8) is 0 Å². The van der Waals surface area contributed by atoms with E-state index in [1.165, 1.54) is 17.4 Å². The topological polar surface area (TPSA) is 93.0 Å². The number of rotatable bonds is 4. The maximum atomic E-state index is 11.3. The summed E-state index contributed by atoms with van der Waals surface area (Å²) in [6.07, 6.45) is 1.59. The number of aryl methyl sites for hydroxylation is 2. The number of nitro benzene ring substituents is 1. The van der Waals surface area contributed by atoms with Crippen LogP contribution in [-0.2, 0) is 0 Å². The van der Waals surface area contributed by atoms with Crippen LogP contribution in [0.4, 0.5) is 5.69 Å². The SMILES string of the molecule is Cc1ccc(-c2ccc(/C=C(\C#N)c3nc(C)cs3)o2)c([N+](=O)[O-])c1. The smallest absolute Gasteiger partial charge is 0.280 e. The molecule has 0 atom stereocenters. The van der Waals surface area contributed by atoms with Gasteiger partial charge in [0.1, 0.15) is 22.6 Å². The summed E-state index contributed by atoms with van der Waals surface area (Å²) in [6.45, 7) is 3.65. The number of aromatic nitrogens is 1. The van der Waals surface area contributed by atoms with Crippen molar-refractivity contribution in [2.45, 2.75) is 13.8 Å². The average molecular weight is 351 g/mol. The fourth-order valence-corrected chi connectivity index (χ4v) is 3.10. The second-order valence-electron chi connectivity index (χ2n) is 5.44. The maximum absolute atomic E-state index is 11.3. The third-order valence-corrected chi connectivity index (χ3v) is 4.49. The summed E-state index contributed by atoms with van der Waals surface area (Å²) < 4.78 is 5.71. The van der Waals surface area contributed by atoms with Gasteiger partial charge in [-0.2, -0.15) is 5.26 Å². The normalized spacial score (nSPS) is 11.3. The zero-order valence-corrected chi connectivity index (χ0v) is 14.3. The van der Waals surface area contributed by atoms with Crippen molar-refractivity contribution >= 4 is 28.7 Å². The Morgan fingerprint density at radius 2 is 2.16 bits per heavy atom. The molecular weight excluding hydrogens is 338 g/mol. The third kappa shape index (κ3) is 3.49. The minimum Gasteiger partial charge on any atom is -0.456 e. The highest BCUT2D eigenvalue weighted by Crippen LogP contribution is 2.33. The average Bonchev–Trinajstić information content (AvgIpc) is 3.21. The molecule has 0 unspecified atom stereocenters. The van der Waals surface area contributed by atoms with Gasteiger partial charge in [-0.25, -0.2) is 4.98 Å². The summed E-state index contributed by atoms with van der Waals surface area (Å²) >= 11 is 1.38. The van der Waals surface area contributed by atoms with E-state index in [9.17, 15) is 15.4 Å². The molecule has 0 radical (unpaired) electrons. The van der Waals surface area contributed by atoms with Gasteiger partial charge >= 0.3 is 0 Å². The first kappa shape index (κ1) is 16.6. The predicted octanol–water partition coefficient (Wildman–Crippen LogP) is 4.99. The van der Waals surface area contributed by atoms with Crippen LogP contribution in [0.15, 0.2) is 40.1 Å². The predicted molar refractivity (Wildman–Crippen MR) is 95.9 cm³/mol. The maximum Gasteiger partial charge on any atom is 0.280 e.